The fourth-order valence-corrected chi connectivity index (χ4v) is 3.62. The molecule has 4 rings (SSSR count). The van der Waals surface area contributed by atoms with Crippen LogP contribution in [0, 0.1) is 0 Å². The summed E-state index contributed by atoms with van der Waals surface area (Å²) in [5.74, 6) is 0. The van der Waals surface area contributed by atoms with Gasteiger partial charge in [0.05, 0.1) is 18.6 Å². The van der Waals surface area contributed by atoms with E-state index in [0.717, 1.165) is 0 Å². The zero-order valence-electron chi connectivity index (χ0n) is 15.6. The fraction of sp³-hybridized carbons (Fsp3) is 0.421. The number of aromatic nitrogens is 4. The van der Waals surface area contributed by atoms with Crippen LogP contribution in [0.2, 0.25) is 5.02 Å². The van der Waals surface area contributed by atoms with E-state index in [-0.39, 0.29) is 0 Å². The number of methoxy groups -OCH3 is 1. The molecule has 29 heavy (non-hydrogen) atoms. The molecule has 2 aromatic heterocycles. The highest BCUT2D eigenvalue weighted by Crippen LogP contribution is 2.37. The first kappa shape index (κ1) is 20.1. The van der Waals surface area contributed by atoms with Crippen molar-refractivity contribution in [3.05, 3.63) is 53.2 Å². The maximum Gasteiger partial charge on any atom is 0.165 e. The number of rotatable bonds is 6. The molecular weight excluding hydrogens is 400 g/mol. The van der Waals surface area contributed by atoms with E-state index < -0.39 is 30.6 Å². The summed E-state index contributed by atoms with van der Waals surface area (Å²) in [5, 5.41) is 32.3. The first-order valence-corrected chi connectivity index (χ1v) is 9.49. The van der Waals surface area contributed by atoms with Gasteiger partial charge in [0.2, 0.25) is 0 Å². The number of aliphatic hydroxyl groups is 3. The Labute approximate surface area is 171 Å². The molecule has 1 aliphatic rings. The Hall–Kier alpha value is -2.14. The van der Waals surface area contributed by atoms with Gasteiger partial charge in [-0.1, -0.05) is 23.7 Å². The third-order valence-electron chi connectivity index (χ3n) is 5.05. The van der Waals surface area contributed by atoms with Crippen LogP contribution in [0.25, 0.3) is 11.2 Å². The molecule has 0 spiro atoms. The van der Waals surface area contributed by atoms with Gasteiger partial charge in [-0.2, -0.15) is 0 Å². The van der Waals surface area contributed by atoms with Crippen molar-refractivity contribution in [3.8, 4) is 0 Å². The van der Waals surface area contributed by atoms with E-state index in [1.807, 2.05) is 0 Å². The maximum atomic E-state index is 10.7. The normalized spacial score (nSPS) is 25.6. The largest absolute Gasteiger partial charge is 0.387 e. The third kappa shape index (κ3) is 3.73. The Balaban J connectivity index is 1.62. The zero-order chi connectivity index (χ0) is 20.5. The van der Waals surface area contributed by atoms with Crippen molar-refractivity contribution in [2.24, 2.45) is 0 Å². The van der Waals surface area contributed by atoms with Crippen LogP contribution in [0.4, 0.5) is 0 Å². The summed E-state index contributed by atoms with van der Waals surface area (Å²) < 4.78 is 12.5. The van der Waals surface area contributed by atoms with Crippen LogP contribution in [0.15, 0.2) is 36.9 Å². The van der Waals surface area contributed by atoms with E-state index in [4.69, 9.17) is 21.1 Å². The van der Waals surface area contributed by atoms with Crippen molar-refractivity contribution >= 4 is 22.8 Å². The van der Waals surface area contributed by atoms with E-state index in [1.54, 1.807) is 31.4 Å². The van der Waals surface area contributed by atoms with Gasteiger partial charge in [-0.3, -0.25) is 4.57 Å². The summed E-state index contributed by atoms with van der Waals surface area (Å²) in [5.41, 5.74) is 2.26. The van der Waals surface area contributed by atoms with Crippen LogP contribution in [0.1, 0.15) is 23.6 Å². The predicted molar refractivity (Wildman–Crippen MR) is 103 cm³/mol. The zero-order valence-corrected chi connectivity index (χ0v) is 16.3. The minimum atomic E-state index is -1.31. The fourth-order valence-electron chi connectivity index (χ4n) is 3.49. The second kappa shape index (κ2) is 8.31. The Morgan fingerprint density at radius 3 is 2.66 bits per heavy atom. The molecule has 5 atom stereocenters. The second-order valence-corrected chi connectivity index (χ2v) is 7.29. The van der Waals surface area contributed by atoms with Crippen molar-refractivity contribution in [2.75, 3.05) is 13.7 Å². The molecule has 154 valence electrons. The summed E-state index contributed by atoms with van der Waals surface area (Å²) in [4.78, 5) is 12.8. The van der Waals surface area contributed by atoms with E-state index >= 15 is 0 Å². The molecule has 0 aliphatic carbocycles. The van der Waals surface area contributed by atoms with Crippen LogP contribution in [-0.4, -0.2) is 66.9 Å². The number of benzene rings is 1. The van der Waals surface area contributed by atoms with Crippen molar-refractivity contribution in [3.63, 3.8) is 0 Å². The molecule has 1 fully saturated rings. The van der Waals surface area contributed by atoms with Crippen molar-refractivity contribution in [1.29, 1.82) is 0 Å². The standard InChI is InChI=1S/C19H21ClN4O5/c1-28-7-6-12-13-18(22-8-21-12)24(9-23-13)19-16(27)15(26)17(29-19)14(25)10-2-4-11(20)5-3-10/h2-5,8-9,14-17,19,25-27H,6-7H2,1H3/t14?,15-,16+,17+,19+/m0/s1. The van der Waals surface area contributed by atoms with Gasteiger partial charge in [0, 0.05) is 18.6 Å². The smallest absolute Gasteiger partial charge is 0.165 e. The van der Waals surface area contributed by atoms with Gasteiger partial charge in [-0.15, -0.1) is 0 Å². The highest BCUT2D eigenvalue weighted by molar-refractivity contribution is 6.30. The lowest BCUT2D eigenvalue weighted by molar-refractivity contribution is -0.0849. The van der Waals surface area contributed by atoms with Crippen LogP contribution >= 0.6 is 11.6 Å². The number of fused-ring (bicyclic) bond motifs is 1. The third-order valence-corrected chi connectivity index (χ3v) is 5.30. The molecule has 1 saturated heterocycles. The van der Waals surface area contributed by atoms with E-state index in [0.29, 0.717) is 40.5 Å². The molecule has 1 aliphatic heterocycles. The van der Waals surface area contributed by atoms with Crippen LogP contribution in [0.5, 0.6) is 0 Å². The molecular formula is C19H21ClN4O5. The molecule has 9 nitrogen and oxygen atoms in total. The number of hydrogen-bond acceptors (Lipinski definition) is 8. The van der Waals surface area contributed by atoms with Gasteiger partial charge < -0.3 is 24.8 Å². The van der Waals surface area contributed by atoms with Gasteiger partial charge in [-0.25, -0.2) is 15.0 Å². The molecule has 0 bridgehead atoms. The van der Waals surface area contributed by atoms with E-state index in [1.165, 1.54) is 17.2 Å². The van der Waals surface area contributed by atoms with E-state index in [2.05, 4.69) is 15.0 Å². The van der Waals surface area contributed by atoms with Crippen LogP contribution < -0.4 is 0 Å². The van der Waals surface area contributed by atoms with Crippen molar-refractivity contribution in [2.45, 2.75) is 37.1 Å². The van der Waals surface area contributed by atoms with Crippen LogP contribution in [-0.2, 0) is 15.9 Å². The van der Waals surface area contributed by atoms with Gasteiger partial charge in [0.15, 0.2) is 11.9 Å². The number of aliphatic hydroxyl groups excluding tert-OH is 3. The number of ether oxygens (including phenoxy) is 2. The summed E-state index contributed by atoms with van der Waals surface area (Å²) in [6, 6.07) is 6.56. The summed E-state index contributed by atoms with van der Waals surface area (Å²) in [6.45, 7) is 0.482. The lowest BCUT2D eigenvalue weighted by Gasteiger charge is -2.21. The van der Waals surface area contributed by atoms with Gasteiger partial charge >= 0.3 is 0 Å². The number of nitrogens with zero attached hydrogens (tertiary/aromatic N) is 4. The summed E-state index contributed by atoms with van der Waals surface area (Å²) in [6.07, 6.45) is -2.30. The van der Waals surface area contributed by atoms with Crippen LogP contribution in [0.3, 0.4) is 0 Å². The van der Waals surface area contributed by atoms with Gasteiger partial charge in [-0.05, 0) is 17.7 Å². The minimum Gasteiger partial charge on any atom is -0.387 e. The number of imidazole rings is 1. The maximum absolute atomic E-state index is 10.7. The molecule has 10 heteroatoms. The number of halogens is 1. The number of hydrogen-bond donors (Lipinski definition) is 3. The second-order valence-electron chi connectivity index (χ2n) is 6.86. The lowest BCUT2D eigenvalue weighted by Crippen LogP contribution is -2.34. The van der Waals surface area contributed by atoms with Crippen molar-refractivity contribution < 1.29 is 24.8 Å². The molecule has 3 aromatic rings. The topological polar surface area (TPSA) is 123 Å². The molecule has 3 heterocycles. The Bertz CT molecular complexity index is 982. The average Bonchev–Trinajstić information content (AvgIpc) is 3.28. The first-order chi connectivity index (χ1) is 14.0. The molecule has 1 aromatic carbocycles. The minimum absolute atomic E-state index is 0.462. The van der Waals surface area contributed by atoms with E-state index in [9.17, 15) is 15.3 Å². The van der Waals surface area contributed by atoms with Crippen molar-refractivity contribution in [1.82, 2.24) is 19.5 Å². The average molecular weight is 421 g/mol. The molecule has 0 saturated carbocycles. The first-order valence-electron chi connectivity index (χ1n) is 9.11. The molecule has 1 unspecified atom stereocenters. The Morgan fingerprint density at radius 1 is 1.17 bits per heavy atom. The quantitative estimate of drug-likeness (QED) is 0.540. The Kier molecular flexibility index (Phi) is 5.77. The molecule has 0 radical (unpaired) electrons. The summed E-state index contributed by atoms with van der Waals surface area (Å²) in [7, 11) is 1.60. The lowest BCUT2D eigenvalue weighted by atomic mass is 9.99. The monoisotopic (exact) mass is 420 g/mol. The molecule has 0 amide bonds. The van der Waals surface area contributed by atoms with Gasteiger partial charge in [0.25, 0.3) is 0 Å². The highest BCUT2D eigenvalue weighted by Gasteiger charge is 2.47. The van der Waals surface area contributed by atoms with Gasteiger partial charge in [0.1, 0.15) is 36.3 Å². The Morgan fingerprint density at radius 2 is 1.93 bits per heavy atom. The highest BCUT2D eigenvalue weighted by atomic mass is 35.5. The predicted octanol–water partition coefficient (Wildman–Crippen LogP) is 1.02. The molecule has 3 N–H and O–H groups in total. The summed E-state index contributed by atoms with van der Waals surface area (Å²) >= 11 is 5.89. The SMILES string of the molecule is COCCc1ncnc2c1ncn2[C@@H]1O[C@H](C(O)c2ccc(Cl)cc2)[C@@H](O)[C@H]1O.